The van der Waals surface area contributed by atoms with Crippen LogP contribution in [0.4, 0.5) is 17.6 Å². The molecule has 0 amide bonds. The zero-order valence-electron chi connectivity index (χ0n) is 10.7. The number of halogens is 4. The molecule has 0 atom stereocenters. The first-order chi connectivity index (χ1) is 9.15. The number of benzene rings is 1. The fourth-order valence-corrected chi connectivity index (χ4v) is 1.40. The summed E-state index contributed by atoms with van der Waals surface area (Å²) in [6.45, 7) is -0.292. The highest BCUT2D eigenvalue weighted by molar-refractivity contribution is 5.92. The molecule has 7 heteroatoms. The highest BCUT2D eigenvalue weighted by Gasteiger charge is 2.51. The lowest BCUT2D eigenvalue weighted by Gasteiger charge is -2.22. The van der Waals surface area contributed by atoms with Gasteiger partial charge in [0.15, 0.2) is 0 Å². The van der Waals surface area contributed by atoms with Crippen LogP contribution >= 0.6 is 0 Å². The quantitative estimate of drug-likeness (QED) is 0.495. The van der Waals surface area contributed by atoms with Crippen molar-refractivity contribution in [3.8, 4) is 5.75 Å². The average Bonchev–Trinajstić information content (AvgIpc) is 2.33. The molecule has 0 unspecified atom stereocenters. The third kappa shape index (κ3) is 4.11. The van der Waals surface area contributed by atoms with E-state index in [1.165, 1.54) is 24.3 Å². The Bertz CT molecular complexity index is 469. The van der Waals surface area contributed by atoms with Gasteiger partial charge in [0, 0.05) is 13.3 Å². The van der Waals surface area contributed by atoms with E-state index in [2.05, 4.69) is 4.74 Å². The molecular formula is C13H14F4O3. The molecule has 3 nitrogen and oxygen atoms in total. The van der Waals surface area contributed by atoms with Gasteiger partial charge in [0.2, 0.25) is 0 Å². The van der Waals surface area contributed by atoms with Crippen molar-refractivity contribution in [2.45, 2.75) is 31.6 Å². The smallest absolute Gasteiger partial charge is 0.341 e. The summed E-state index contributed by atoms with van der Waals surface area (Å²) in [5.41, 5.74) is -0.111. The summed E-state index contributed by atoms with van der Waals surface area (Å²) in [6, 6.07) is 5.55. The minimum Gasteiger partial charge on any atom is -0.507 e. The Morgan fingerprint density at radius 3 is 2.40 bits per heavy atom. The van der Waals surface area contributed by atoms with Crippen LogP contribution in [0.3, 0.4) is 0 Å². The predicted octanol–water partition coefficient (Wildman–Crippen LogP) is 3.62. The maximum Gasteiger partial charge on any atom is 0.341 e. The molecule has 1 aromatic rings. The van der Waals surface area contributed by atoms with Gasteiger partial charge in [-0.2, -0.15) is 8.78 Å². The van der Waals surface area contributed by atoms with Crippen molar-refractivity contribution < 1.29 is 32.2 Å². The number of carbonyl (C=O) groups is 1. The van der Waals surface area contributed by atoms with Gasteiger partial charge in [-0.3, -0.25) is 0 Å². The molecule has 0 aromatic heterocycles. The molecule has 0 heterocycles. The van der Waals surface area contributed by atoms with E-state index in [0.717, 1.165) is 0 Å². The third-order valence-corrected chi connectivity index (χ3v) is 2.63. The van der Waals surface area contributed by atoms with Crippen molar-refractivity contribution in [2.24, 2.45) is 0 Å². The number of hydrogen-bond donors (Lipinski definition) is 1. The fraction of sp³-hybridized carbons (Fsp3) is 0.462. The zero-order valence-corrected chi connectivity index (χ0v) is 10.7. The molecule has 0 saturated heterocycles. The highest BCUT2D eigenvalue weighted by Crippen LogP contribution is 2.37. The second-order valence-electron chi connectivity index (χ2n) is 4.35. The minimum absolute atomic E-state index is 0.111. The van der Waals surface area contributed by atoms with Crippen LogP contribution < -0.4 is 0 Å². The van der Waals surface area contributed by atoms with E-state index in [-0.39, 0.29) is 18.2 Å². The summed E-state index contributed by atoms with van der Waals surface area (Å²) in [7, 11) is 0. The summed E-state index contributed by atoms with van der Waals surface area (Å²) in [6.07, 6.45) is -1.50. The molecule has 0 spiro atoms. The van der Waals surface area contributed by atoms with E-state index in [1.54, 1.807) is 0 Å². The van der Waals surface area contributed by atoms with E-state index in [4.69, 9.17) is 0 Å². The van der Waals surface area contributed by atoms with Crippen LogP contribution in [-0.2, 0) is 4.74 Å². The Morgan fingerprint density at radius 2 is 1.85 bits per heavy atom. The Morgan fingerprint density at radius 1 is 1.25 bits per heavy atom. The molecule has 0 aliphatic carbocycles. The van der Waals surface area contributed by atoms with Crippen molar-refractivity contribution in [2.75, 3.05) is 6.61 Å². The molecular weight excluding hydrogens is 280 g/mol. The summed E-state index contributed by atoms with van der Waals surface area (Å²) in [4.78, 5) is 11.5. The molecule has 0 bridgehead atoms. The van der Waals surface area contributed by atoms with Crippen LogP contribution in [0.25, 0.3) is 0 Å². The highest BCUT2D eigenvalue weighted by atomic mass is 19.3. The topological polar surface area (TPSA) is 46.5 Å². The molecule has 1 rings (SSSR count). The van der Waals surface area contributed by atoms with Gasteiger partial charge in [-0.1, -0.05) is 12.1 Å². The van der Waals surface area contributed by atoms with Gasteiger partial charge in [-0.15, -0.1) is 0 Å². The Balaban J connectivity index is 2.43. The maximum absolute atomic E-state index is 12.9. The van der Waals surface area contributed by atoms with E-state index < -0.39 is 37.3 Å². The van der Waals surface area contributed by atoms with Crippen molar-refractivity contribution in [1.82, 2.24) is 0 Å². The van der Waals surface area contributed by atoms with Gasteiger partial charge >= 0.3 is 17.8 Å². The van der Waals surface area contributed by atoms with Crippen LogP contribution in [-0.4, -0.2) is 29.5 Å². The molecule has 20 heavy (non-hydrogen) atoms. The normalized spacial score (nSPS) is 12.2. The molecule has 0 aliphatic heterocycles. The van der Waals surface area contributed by atoms with Crippen molar-refractivity contribution in [3.05, 3.63) is 29.8 Å². The number of rotatable bonds is 6. The van der Waals surface area contributed by atoms with Gasteiger partial charge in [0.1, 0.15) is 11.3 Å². The summed E-state index contributed by atoms with van der Waals surface area (Å²) in [5, 5.41) is 9.35. The van der Waals surface area contributed by atoms with Gasteiger partial charge in [0.05, 0.1) is 6.61 Å². The molecule has 0 radical (unpaired) electrons. The number of phenolic OH excluding ortho intramolecular Hbond substituents is 1. The average molecular weight is 294 g/mol. The molecule has 1 N–H and O–H groups in total. The number of aromatic hydroxyl groups is 1. The van der Waals surface area contributed by atoms with Crippen LogP contribution in [0.15, 0.2) is 24.3 Å². The molecule has 1 aromatic carbocycles. The first-order valence-corrected chi connectivity index (χ1v) is 5.86. The Kier molecular flexibility index (Phi) is 4.97. The largest absolute Gasteiger partial charge is 0.507 e. The predicted molar refractivity (Wildman–Crippen MR) is 63.2 cm³/mol. The van der Waals surface area contributed by atoms with Crippen molar-refractivity contribution in [3.63, 3.8) is 0 Å². The van der Waals surface area contributed by atoms with E-state index in [0.29, 0.717) is 0 Å². The number of phenols is 1. The molecule has 0 fully saturated rings. The van der Waals surface area contributed by atoms with E-state index >= 15 is 0 Å². The second-order valence-corrected chi connectivity index (χ2v) is 4.35. The first kappa shape index (κ1) is 16.3. The van der Waals surface area contributed by atoms with Crippen LogP contribution in [0.5, 0.6) is 5.75 Å². The third-order valence-electron chi connectivity index (χ3n) is 2.63. The van der Waals surface area contributed by atoms with Crippen LogP contribution in [0.1, 0.15) is 30.1 Å². The van der Waals surface area contributed by atoms with Gasteiger partial charge in [-0.25, -0.2) is 13.6 Å². The Hall–Kier alpha value is -1.79. The Labute approximate surface area is 113 Å². The van der Waals surface area contributed by atoms with E-state index in [9.17, 15) is 27.5 Å². The monoisotopic (exact) mass is 294 g/mol. The lowest BCUT2D eigenvalue weighted by atomic mass is 10.1. The number of hydrogen-bond acceptors (Lipinski definition) is 3. The lowest BCUT2D eigenvalue weighted by molar-refractivity contribution is -0.202. The number of alkyl halides is 4. The SMILES string of the molecule is CC(F)(F)C(F)(F)CCCOC(=O)c1ccccc1O. The summed E-state index contributed by atoms with van der Waals surface area (Å²) >= 11 is 0. The lowest BCUT2D eigenvalue weighted by Crippen LogP contribution is -2.37. The summed E-state index contributed by atoms with van der Waals surface area (Å²) in [5.74, 6) is -9.46. The second kappa shape index (κ2) is 6.11. The van der Waals surface area contributed by atoms with Gasteiger partial charge < -0.3 is 9.84 Å². The van der Waals surface area contributed by atoms with Crippen molar-refractivity contribution >= 4 is 5.97 Å². The minimum atomic E-state index is -4.14. The molecule has 0 aliphatic rings. The van der Waals surface area contributed by atoms with Crippen LogP contribution in [0, 0.1) is 0 Å². The zero-order chi connectivity index (χ0) is 15.4. The summed E-state index contributed by atoms with van der Waals surface area (Å²) < 4.78 is 55.5. The molecule has 0 saturated carbocycles. The van der Waals surface area contributed by atoms with Gasteiger partial charge in [0.25, 0.3) is 0 Å². The number of esters is 1. The fourth-order valence-electron chi connectivity index (χ4n) is 1.40. The number of para-hydroxylation sites is 1. The standard InChI is InChI=1S/C13H14F4O3/c1-12(14,15)13(16,17)7-4-8-20-11(19)9-5-2-3-6-10(9)18/h2-3,5-6,18H,4,7-8H2,1H3. The van der Waals surface area contributed by atoms with Gasteiger partial charge in [-0.05, 0) is 18.6 Å². The number of ether oxygens (including phenoxy) is 1. The van der Waals surface area contributed by atoms with Crippen molar-refractivity contribution in [1.29, 1.82) is 0 Å². The first-order valence-electron chi connectivity index (χ1n) is 5.86. The number of carbonyl (C=O) groups excluding carboxylic acids is 1. The van der Waals surface area contributed by atoms with Crippen LogP contribution in [0.2, 0.25) is 0 Å². The molecule has 112 valence electrons. The maximum atomic E-state index is 12.9. The van der Waals surface area contributed by atoms with E-state index in [1.807, 2.05) is 0 Å².